The highest BCUT2D eigenvalue weighted by atomic mass is 35.5. The number of carbonyl (C=O) groups excluding carboxylic acids is 1. The van der Waals surface area contributed by atoms with Crippen LogP contribution in [-0.2, 0) is 0 Å². The van der Waals surface area contributed by atoms with E-state index in [1.54, 1.807) is 7.11 Å². The molecule has 0 fully saturated rings. The maximum Gasteiger partial charge on any atom is 0.163 e. The van der Waals surface area contributed by atoms with E-state index in [9.17, 15) is 4.79 Å². The van der Waals surface area contributed by atoms with Gasteiger partial charge in [-0.15, -0.1) is 0 Å². The smallest absolute Gasteiger partial charge is 0.163 e. The molecular formula is C22H19ClO2. The first-order valence-electron chi connectivity index (χ1n) is 8.15. The quantitative estimate of drug-likeness (QED) is 0.529. The van der Waals surface area contributed by atoms with Crippen LogP contribution in [0.25, 0.3) is 0 Å². The van der Waals surface area contributed by atoms with Gasteiger partial charge in [-0.25, -0.2) is 0 Å². The van der Waals surface area contributed by atoms with Crippen molar-refractivity contribution in [3.8, 4) is 5.75 Å². The van der Waals surface area contributed by atoms with Crippen molar-refractivity contribution < 1.29 is 9.53 Å². The number of hydrogen-bond acceptors (Lipinski definition) is 2. The van der Waals surface area contributed by atoms with Gasteiger partial charge in [0.25, 0.3) is 0 Å². The molecule has 1 unspecified atom stereocenters. The van der Waals surface area contributed by atoms with Crippen LogP contribution in [0.5, 0.6) is 5.75 Å². The molecule has 0 heterocycles. The van der Waals surface area contributed by atoms with Gasteiger partial charge in [0.05, 0.1) is 7.11 Å². The number of hydrogen-bond donors (Lipinski definition) is 0. The van der Waals surface area contributed by atoms with Gasteiger partial charge in [0.2, 0.25) is 0 Å². The summed E-state index contributed by atoms with van der Waals surface area (Å²) >= 11 is 6.42. The average molecular weight is 351 g/mol. The van der Waals surface area contributed by atoms with Crippen LogP contribution < -0.4 is 4.74 Å². The molecule has 126 valence electrons. The first-order valence-corrected chi connectivity index (χ1v) is 8.53. The third kappa shape index (κ3) is 4.09. The summed E-state index contributed by atoms with van der Waals surface area (Å²) in [5.74, 6) is 0.782. The van der Waals surface area contributed by atoms with E-state index in [1.165, 1.54) is 0 Å². The minimum Gasteiger partial charge on any atom is -0.497 e. The Morgan fingerprint density at radius 3 is 2.20 bits per heavy atom. The largest absolute Gasteiger partial charge is 0.497 e. The molecule has 3 heteroatoms. The van der Waals surface area contributed by atoms with Gasteiger partial charge in [0.1, 0.15) is 5.75 Å². The number of halogens is 1. The Kier molecular flexibility index (Phi) is 5.52. The maximum absolute atomic E-state index is 12.8. The molecular weight excluding hydrogens is 332 g/mol. The van der Waals surface area contributed by atoms with Gasteiger partial charge in [-0.2, -0.15) is 0 Å². The van der Waals surface area contributed by atoms with E-state index in [2.05, 4.69) is 0 Å². The second kappa shape index (κ2) is 8.00. The lowest BCUT2D eigenvalue weighted by molar-refractivity contribution is 0.0977. The molecule has 0 amide bonds. The van der Waals surface area contributed by atoms with Crippen LogP contribution in [-0.4, -0.2) is 12.9 Å². The molecule has 3 aromatic rings. The van der Waals surface area contributed by atoms with Crippen molar-refractivity contribution in [3.63, 3.8) is 0 Å². The maximum atomic E-state index is 12.8. The highest BCUT2D eigenvalue weighted by Gasteiger charge is 2.21. The van der Waals surface area contributed by atoms with E-state index in [0.29, 0.717) is 17.0 Å². The second-order valence-corrected chi connectivity index (χ2v) is 6.25. The number of ether oxygens (including phenoxy) is 1. The van der Waals surface area contributed by atoms with Crippen molar-refractivity contribution in [2.24, 2.45) is 0 Å². The molecule has 2 nitrogen and oxygen atoms in total. The van der Waals surface area contributed by atoms with E-state index >= 15 is 0 Å². The van der Waals surface area contributed by atoms with Crippen LogP contribution in [0.2, 0.25) is 5.02 Å². The zero-order chi connectivity index (χ0) is 17.6. The molecule has 0 N–H and O–H groups in total. The van der Waals surface area contributed by atoms with Crippen molar-refractivity contribution >= 4 is 17.4 Å². The summed E-state index contributed by atoms with van der Waals surface area (Å²) in [6.07, 6.45) is 0.361. The molecule has 0 spiro atoms. The molecule has 0 aliphatic rings. The van der Waals surface area contributed by atoms with Crippen LogP contribution in [0, 0.1) is 0 Å². The molecule has 0 aliphatic carbocycles. The SMILES string of the molecule is COc1ccc(C(CC(=O)c2ccccc2)c2ccccc2Cl)cc1. The molecule has 0 aromatic heterocycles. The Morgan fingerprint density at radius 2 is 1.56 bits per heavy atom. The van der Waals surface area contributed by atoms with Gasteiger partial charge < -0.3 is 4.74 Å². The number of methoxy groups -OCH3 is 1. The number of benzene rings is 3. The fraction of sp³-hybridized carbons (Fsp3) is 0.136. The minimum atomic E-state index is -0.104. The van der Waals surface area contributed by atoms with Crippen LogP contribution >= 0.6 is 11.6 Å². The average Bonchev–Trinajstić information content (AvgIpc) is 2.67. The predicted octanol–water partition coefficient (Wildman–Crippen LogP) is 5.75. The normalized spacial score (nSPS) is 11.8. The molecule has 3 rings (SSSR count). The first kappa shape index (κ1) is 17.2. The Hall–Kier alpha value is -2.58. The van der Waals surface area contributed by atoms with Crippen molar-refractivity contribution in [2.75, 3.05) is 7.11 Å². The second-order valence-electron chi connectivity index (χ2n) is 5.84. The third-order valence-electron chi connectivity index (χ3n) is 4.28. The van der Waals surface area contributed by atoms with E-state index in [0.717, 1.165) is 16.9 Å². The molecule has 0 saturated carbocycles. The molecule has 0 saturated heterocycles. The van der Waals surface area contributed by atoms with Crippen LogP contribution in [0.3, 0.4) is 0 Å². The zero-order valence-electron chi connectivity index (χ0n) is 14.0. The van der Waals surface area contributed by atoms with Crippen LogP contribution in [0.4, 0.5) is 0 Å². The molecule has 3 aromatic carbocycles. The van der Waals surface area contributed by atoms with Crippen molar-refractivity contribution in [3.05, 3.63) is 101 Å². The van der Waals surface area contributed by atoms with E-state index in [-0.39, 0.29) is 11.7 Å². The highest BCUT2D eigenvalue weighted by molar-refractivity contribution is 6.31. The van der Waals surface area contributed by atoms with Crippen LogP contribution in [0.15, 0.2) is 78.9 Å². The monoisotopic (exact) mass is 350 g/mol. The lowest BCUT2D eigenvalue weighted by atomic mass is 9.85. The summed E-state index contributed by atoms with van der Waals surface area (Å²) in [6.45, 7) is 0. The molecule has 0 radical (unpaired) electrons. The van der Waals surface area contributed by atoms with Crippen LogP contribution in [0.1, 0.15) is 33.8 Å². The van der Waals surface area contributed by atoms with E-state index < -0.39 is 0 Å². The fourth-order valence-corrected chi connectivity index (χ4v) is 3.20. The predicted molar refractivity (Wildman–Crippen MR) is 102 cm³/mol. The van der Waals surface area contributed by atoms with Crippen molar-refractivity contribution in [1.29, 1.82) is 0 Å². The number of rotatable bonds is 6. The van der Waals surface area contributed by atoms with Gasteiger partial charge in [0.15, 0.2) is 5.78 Å². The Balaban J connectivity index is 1.97. The summed E-state index contributed by atoms with van der Waals surface area (Å²) in [4.78, 5) is 12.8. The number of Topliss-reactive ketones (excluding diaryl/α,β-unsaturated/α-hetero) is 1. The lowest BCUT2D eigenvalue weighted by Gasteiger charge is -2.19. The third-order valence-corrected chi connectivity index (χ3v) is 4.63. The van der Waals surface area contributed by atoms with Gasteiger partial charge in [-0.3, -0.25) is 4.79 Å². The molecule has 0 bridgehead atoms. The first-order chi connectivity index (χ1) is 12.2. The topological polar surface area (TPSA) is 26.3 Å². The molecule has 0 aliphatic heterocycles. The van der Waals surface area contributed by atoms with E-state index in [4.69, 9.17) is 16.3 Å². The van der Waals surface area contributed by atoms with Crippen molar-refractivity contribution in [2.45, 2.75) is 12.3 Å². The van der Waals surface area contributed by atoms with Crippen molar-refractivity contribution in [1.82, 2.24) is 0 Å². The Bertz CT molecular complexity index is 841. The standard InChI is InChI=1S/C22H19ClO2/c1-25-18-13-11-16(12-14-18)20(19-9-5-6-10-21(19)23)15-22(24)17-7-3-2-4-8-17/h2-14,20H,15H2,1H3. The summed E-state index contributed by atoms with van der Waals surface area (Å²) < 4.78 is 5.24. The Morgan fingerprint density at radius 1 is 0.920 bits per heavy atom. The summed E-state index contributed by atoms with van der Waals surface area (Å²) in [5.41, 5.74) is 2.71. The highest BCUT2D eigenvalue weighted by Crippen LogP contribution is 2.34. The summed E-state index contributed by atoms with van der Waals surface area (Å²) in [5, 5.41) is 0.671. The van der Waals surface area contributed by atoms with E-state index in [1.807, 2.05) is 78.9 Å². The van der Waals surface area contributed by atoms with Gasteiger partial charge in [-0.05, 0) is 29.3 Å². The van der Waals surface area contributed by atoms with Gasteiger partial charge in [0, 0.05) is 22.9 Å². The Labute approximate surface area is 153 Å². The number of carbonyl (C=O) groups is 1. The zero-order valence-corrected chi connectivity index (χ0v) is 14.7. The van der Waals surface area contributed by atoms with Gasteiger partial charge in [-0.1, -0.05) is 72.3 Å². The fourth-order valence-electron chi connectivity index (χ4n) is 2.93. The number of ketones is 1. The summed E-state index contributed by atoms with van der Waals surface area (Å²) in [7, 11) is 1.64. The molecule has 1 atom stereocenters. The molecule has 25 heavy (non-hydrogen) atoms. The lowest BCUT2D eigenvalue weighted by Crippen LogP contribution is -2.09. The van der Waals surface area contributed by atoms with Gasteiger partial charge >= 0.3 is 0 Å². The summed E-state index contributed by atoms with van der Waals surface area (Å²) in [6, 6.07) is 24.9. The minimum absolute atomic E-state index is 0.0985.